The molecular weight excluding hydrogens is 520 g/mol. The van der Waals surface area contributed by atoms with Crippen molar-refractivity contribution in [1.29, 1.82) is 0 Å². The largest absolute Gasteiger partial charge is 0.369 e. The van der Waals surface area contributed by atoms with Crippen molar-refractivity contribution in [2.45, 2.75) is 33.2 Å². The predicted molar refractivity (Wildman–Crippen MR) is 141 cm³/mol. The maximum absolute atomic E-state index is 13.1. The molecule has 32 heavy (non-hydrogen) atoms. The molecule has 1 unspecified atom stereocenters. The lowest BCUT2D eigenvalue weighted by Crippen LogP contribution is -2.50. The predicted octanol–water partition coefficient (Wildman–Crippen LogP) is 2.71. The van der Waals surface area contributed by atoms with Crippen LogP contribution >= 0.6 is 24.0 Å². The van der Waals surface area contributed by atoms with Crippen molar-refractivity contribution < 1.29 is 4.39 Å². The lowest BCUT2D eigenvalue weighted by molar-refractivity contribution is 0.261. The van der Waals surface area contributed by atoms with Crippen LogP contribution in [0.1, 0.15) is 23.9 Å². The summed E-state index contributed by atoms with van der Waals surface area (Å²) in [5, 5.41) is 11.4. The first kappa shape index (κ1) is 26.4. The molecule has 1 aliphatic rings. The first-order chi connectivity index (χ1) is 14.9. The third-order valence-electron chi connectivity index (χ3n) is 6.06. The molecule has 1 fully saturated rings. The number of aromatic nitrogens is 2. The van der Waals surface area contributed by atoms with E-state index in [9.17, 15) is 4.39 Å². The Bertz CT molecular complexity index is 873. The monoisotopic (exact) mass is 557 g/mol. The van der Waals surface area contributed by atoms with Gasteiger partial charge in [0.2, 0.25) is 0 Å². The number of benzene rings is 1. The SMILES string of the molecule is CN=C(NCCN1CCN(c2ccc(F)cc2)CC1)NC(C)Cc1c(C)nn(C)c1C.I. The van der Waals surface area contributed by atoms with Gasteiger partial charge in [-0.1, -0.05) is 0 Å². The highest BCUT2D eigenvalue weighted by Gasteiger charge is 2.17. The summed E-state index contributed by atoms with van der Waals surface area (Å²) in [6, 6.07) is 7.03. The molecule has 2 aromatic rings. The van der Waals surface area contributed by atoms with Gasteiger partial charge in [-0.2, -0.15) is 5.10 Å². The third-order valence-corrected chi connectivity index (χ3v) is 6.06. The molecule has 178 valence electrons. The van der Waals surface area contributed by atoms with E-state index in [1.807, 2.05) is 30.9 Å². The molecule has 3 rings (SSSR count). The summed E-state index contributed by atoms with van der Waals surface area (Å²) in [6.45, 7) is 12.1. The standard InChI is InChI=1S/C23H36FN7.HI/c1-17(16-22-18(2)28-29(5)19(22)3)27-23(25-4)26-10-11-30-12-14-31(15-13-30)21-8-6-20(24)7-9-21;/h6-9,17H,10-16H2,1-5H3,(H2,25,26,27);1H. The maximum Gasteiger partial charge on any atom is 0.191 e. The van der Waals surface area contributed by atoms with Gasteiger partial charge in [0, 0.05) is 70.8 Å². The van der Waals surface area contributed by atoms with E-state index in [2.05, 4.69) is 51.3 Å². The summed E-state index contributed by atoms with van der Waals surface area (Å²) >= 11 is 0. The molecule has 0 spiro atoms. The molecule has 1 atom stereocenters. The average Bonchev–Trinajstić information content (AvgIpc) is 3.00. The van der Waals surface area contributed by atoms with Gasteiger partial charge in [-0.3, -0.25) is 14.6 Å². The van der Waals surface area contributed by atoms with Crippen LogP contribution in [-0.4, -0.2) is 73.0 Å². The fourth-order valence-corrected chi connectivity index (χ4v) is 4.11. The van der Waals surface area contributed by atoms with E-state index >= 15 is 0 Å². The maximum atomic E-state index is 13.1. The highest BCUT2D eigenvalue weighted by atomic mass is 127. The minimum absolute atomic E-state index is 0. The minimum atomic E-state index is -0.185. The molecule has 2 N–H and O–H groups in total. The second kappa shape index (κ2) is 12.4. The Labute approximate surface area is 208 Å². The summed E-state index contributed by atoms with van der Waals surface area (Å²) in [4.78, 5) is 9.14. The lowest BCUT2D eigenvalue weighted by Gasteiger charge is -2.36. The zero-order chi connectivity index (χ0) is 22.4. The second-order valence-electron chi connectivity index (χ2n) is 8.33. The Morgan fingerprint density at radius 1 is 1.16 bits per heavy atom. The van der Waals surface area contributed by atoms with Crippen molar-refractivity contribution in [3.63, 3.8) is 0 Å². The topological polar surface area (TPSA) is 60.7 Å². The number of piperazine rings is 1. The molecule has 9 heteroatoms. The van der Waals surface area contributed by atoms with E-state index in [1.165, 1.54) is 23.4 Å². The summed E-state index contributed by atoms with van der Waals surface area (Å²) < 4.78 is 15.1. The summed E-state index contributed by atoms with van der Waals surface area (Å²) in [7, 11) is 3.80. The number of nitrogens with zero attached hydrogens (tertiary/aromatic N) is 5. The Hall–Kier alpha value is -1.88. The van der Waals surface area contributed by atoms with Crippen molar-refractivity contribution in [2.24, 2.45) is 12.0 Å². The number of rotatable bonds is 7. The van der Waals surface area contributed by atoms with Crippen molar-refractivity contribution >= 4 is 35.6 Å². The highest BCUT2D eigenvalue weighted by molar-refractivity contribution is 14.0. The third kappa shape index (κ3) is 7.06. The van der Waals surface area contributed by atoms with E-state index < -0.39 is 0 Å². The van der Waals surface area contributed by atoms with Crippen LogP contribution in [0.4, 0.5) is 10.1 Å². The van der Waals surface area contributed by atoms with Gasteiger partial charge in [-0.05, 0) is 57.0 Å². The number of hydrogen-bond acceptors (Lipinski definition) is 4. The van der Waals surface area contributed by atoms with E-state index in [0.717, 1.165) is 63.0 Å². The second-order valence-corrected chi connectivity index (χ2v) is 8.33. The number of anilines is 1. The smallest absolute Gasteiger partial charge is 0.191 e. The van der Waals surface area contributed by atoms with Gasteiger partial charge in [-0.15, -0.1) is 24.0 Å². The Balaban J connectivity index is 0.00000363. The van der Waals surface area contributed by atoms with Crippen molar-refractivity contribution in [1.82, 2.24) is 25.3 Å². The number of aliphatic imine (C=N–C) groups is 1. The summed E-state index contributed by atoms with van der Waals surface area (Å²) in [5.74, 6) is 0.645. The molecule has 0 amide bonds. The van der Waals surface area contributed by atoms with E-state index in [0.29, 0.717) is 0 Å². The van der Waals surface area contributed by atoms with Crippen LogP contribution in [0.3, 0.4) is 0 Å². The zero-order valence-electron chi connectivity index (χ0n) is 19.9. The first-order valence-corrected chi connectivity index (χ1v) is 11.1. The van der Waals surface area contributed by atoms with Gasteiger partial charge >= 0.3 is 0 Å². The molecule has 0 saturated carbocycles. The average molecular weight is 558 g/mol. The Kier molecular flexibility index (Phi) is 10.2. The molecule has 0 bridgehead atoms. The van der Waals surface area contributed by atoms with Crippen molar-refractivity contribution in [2.75, 3.05) is 51.2 Å². The van der Waals surface area contributed by atoms with Crippen LogP contribution < -0.4 is 15.5 Å². The van der Waals surface area contributed by atoms with Gasteiger partial charge < -0.3 is 15.5 Å². The number of halogens is 2. The fraction of sp³-hybridized carbons (Fsp3) is 0.565. The van der Waals surface area contributed by atoms with Gasteiger partial charge in [0.05, 0.1) is 5.69 Å². The van der Waals surface area contributed by atoms with Gasteiger partial charge in [-0.25, -0.2) is 4.39 Å². The molecule has 1 saturated heterocycles. The number of aryl methyl sites for hydroxylation is 2. The zero-order valence-corrected chi connectivity index (χ0v) is 22.2. The van der Waals surface area contributed by atoms with Crippen LogP contribution in [0, 0.1) is 19.7 Å². The molecule has 0 radical (unpaired) electrons. The molecule has 1 aromatic carbocycles. The highest BCUT2D eigenvalue weighted by Crippen LogP contribution is 2.17. The molecule has 2 heterocycles. The number of nitrogens with one attached hydrogen (secondary N) is 2. The van der Waals surface area contributed by atoms with Crippen molar-refractivity contribution in [3.8, 4) is 0 Å². The first-order valence-electron chi connectivity index (χ1n) is 11.1. The normalized spacial score (nSPS) is 15.9. The van der Waals surface area contributed by atoms with Crippen LogP contribution in [0.15, 0.2) is 29.3 Å². The molecule has 1 aliphatic heterocycles. The number of guanidine groups is 1. The van der Waals surface area contributed by atoms with E-state index in [1.54, 1.807) is 0 Å². The number of hydrogen-bond donors (Lipinski definition) is 2. The molecule has 1 aromatic heterocycles. The minimum Gasteiger partial charge on any atom is -0.369 e. The Morgan fingerprint density at radius 2 is 1.81 bits per heavy atom. The van der Waals surface area contributed by atoms with Crippen molar-refractivity contribution in [3.05, 3.63) is 47.0 Å². The van der Waals surface area contributed by atoms with Gasteiger partial charge in [0.15, 0.2) is 5.96 Å². The van der Waals surface area contributed by atoms with E-state index in [4.69, 9.17) is 0 Å². The van der Waals surface area contributed by atoms with Gasteiger partial charge in [0.25, 0.3) is 0 Å². The summed E-state index contributed by atoms with van der Waals surface area (Å²) in [5.41, 5.74) is 4.71. The molecule has 0 aliphatic carbocycles. The fourth-order valence-electron chi connectivity index (χ4n) is 4.11. The van der Waals surface area contributed by atoms with Crippen LogP contribution in [0.25, 0.3) is 0 Å². The van der Waals surface area contributed by atoms with Crippen LogP contribution in [0.2, 0.25) is 0 Å². The van der Waals surface area contributed by atoms with Crippen LogP contribution in [-0.2, 0) is 13.5 Å². The molecule has 7 nitrogen and oxygen atoms in total. The molecular formula is C23H37FIN7. The van der Waals surface area contributed by atoms with Crippen LogP contribution in [0.5, 0.6) is 0 Å². The Morgan fingerprint density at radius 3 is 2.38 bits per heavy atom. The lowest BCUT2D eigenvalue weighted by atomic mass is 10.1. The summed E-state index contributed by atoms with van der Waals surface area (Å²) in [6.07, 6.45) is 0.914. The van der Waals surface area contributed by atoms with E-state index in [-0.39, 0.29) is 35.8 Å². The quantitative estimate of drug-likeness (QED) is 0.312. The van der Waals surface area contributed by atoms with Gasteiger partial charge in [0.1, 0.15) is 5.82 Å².